The molecule has 3 aromatic heterocycles. The molecule has 9 nitrogen and oxygen atoms in total. The Morgan fingerprint density at radius 3 is 1.69 bits per heavy atom. The molecule has 0 aromatic carbocycles. The van der Waals surface area contributed by atoms with Crippen LogP contribution >= 0.6 is 15.9 Å². The second-order valence-corrected chi connectivity index (χ2v) is 8.23. The molecule has 0 unspecified atom stereocenters. The minimum atomic E-state index is 0.565. The summed E-state index contributed by atoms with van der Waals surface area (Å²) in [7, 11) is 0. The molecule has 0 aliphatic rings. The maximum atomic E-state index is 5.73. The quantitative estimate of drug-likeness (QED) is 0.379. The van der Waals surface area contributed by atoms with Crippen LogP contribution in [0.5, 0.6) is 17.6 Å². The molecule has 35 heavy (non-hydrogen) atoms. The third-order valence-electron chi connectivity index (χ3n) is 4.29. The third-order valence-corrected chi connectivity index (χ3v) is 5.08. The van der Waals surface area contributed by atoms with Crippen LogP contribution in [-0.4, -0.2) is 34.8 Å². The van der Waals surface area contributed by atoms with Gasteiger partial charge in [-0.25, -0.2) is 15.0 Å². The predicted octanol–water partition coefficient (Wildman–Crippen LogP) is 5.18. The largest absolute Gasteiger partial charge is 0.478 e. The first-order valence-electron chi connectivity index (χ1n) is 11.3. The molecule has 0 fully saturated rings. The van der Waals surface area contributed by atoms with Crippen LogP contribution < -0.4 is 31.4 Å². The summed E-state index contributed by atoms with van der Waals surface area (Å²) in [6.07, 6.45) is 0. The molecule has 10 heteroatoms. The van der Waals surface area contributed by atoms with Gasteiger partial charge in [0.1, 0.15) is 4.47 Å². The van der Waals surface area contributed by atoms with Gasteiger partial charge >= 0.3 is 0 Å². The number of ether oxygens (including phenoxy) is 3. The fourth-order valence-corrected chi connectivity index (χ4v) is 3.10. The van der Waals surface area contributed by atoms with E-state index in [0.29, 0.717) is 48.8 Å². The van der Waals surface area contributed by atoms with Gasteiger partial charge in [-0.05, 0) is 82.6 Å². The Morgan fingerprint density at radius 1 is 0.657 bits per heavy atom. The van der Waals surface area contributed by atoms with Gasteiger partial charge in [0.25, 0.3) is 0 Å². The predicted molar refractivity (Wildman–Crippen MR) is 146 cm³/mol. The van der Waals surface area contributed by atoms with Gasteiger partial charge in [0.15, 0.2) is 0 Å². The van der Waals surface area contributed by atoms with E-state index >= 15 is 0 Å². The Balaban J connectivity index is 0.000000263. The van der Waals surface area contributed by atoms with Crippen molar-refractivity contribution in [2.75, 3.05) is 37.0 Å². The fraction of sp³-hybridized carbons (Fsp3) is 0.400. The van der Waals surface area contributed by atoms with Crippen molar-refractivity contribution in [3.05, 3.63) is 51.4 Å². The molecule has 0 radical (unpaired) electrons. The molecule has 0 spiro atoms. The van der Waals surface area contributed by atoms with Crippen molar-refractivity contribution in [2.24, 2.45) is 0 Å². The van der Waals surface area contributed by atoms with E-state index in [1.807, 2.05) is 60.6 Å². The highest BCUT2D eigenvalue weighted by atomic mass is 79.9. The smallest absolute Gasteiger partial charge is 0.230 e. The Bertz CT molecular complexity index is 1020. The Labute approximate surface area is 216 Å². The molecule has 0 aliphatic heterocycles. The minimum Gasteiger partial charge on any atom is -0.478 e. The Hall–Kier alpha value is -3.27. The summed E-state index contributed by atoms with van der Waals surface area (Å²) in [5.74, 6) is 1.81. The van der Waals surface area contributed by atoms with Crippen molar-refractivity contribution in [1.82, 2.24) is 15.0 Å². The van der Waals surface area contributed by atoms with Gasteiger partial charge in [0.05, 0.1) is 25.5 Å². The van der Waals surface area contributed by atoms with Gasteiger partial charge in [-0.15, -0.1) is 0 Å². The SMILES string of the molecule is CCOc1cc(N)cc(C)n1.CCOc1nc(C)cc(N)c1Br.CCOc1nc(C)cc(N)c1C. The van der Waals surface area contributed by atoms with Crippen molar-refractivity contribution in [2.45, 2.75) is 48.5 Å². The van der Waals surface area contributed by atoms with Crippen molar-refractivity contribution in [1.29, 1.82) is 0 Å². The average molecular weight is 550 g/mol. The van der Waals surface area contributed by atoms with Gasteiger partial charge in [0, 0.05) is 40.1 Å². The van der Waals surface area contributed by atoms with E-state index in [1.54, 1.807) is 12.1 Å². The standard InChI is InChI=1S/C9H14N2O.C8H11BrN2O.C8H12N2O/c1-4-12-9-7(3)8(10)5-6(2)11-9;1-3-12-8-7(9)6(10)4-5(2)11-8;1-3-11-8-5-7(9)4-6(2)10-8/h5H,4H2,1-3H3,(H2,10,11);4H,3H2,1-2H3,(H2,10,11);4-5H,3H2,1-2H3,(H2,9,10). The number of nitrogens with zero attached hydrogens (tertiary/aromatic N) is 3. The summed E-state index contributed by atoms with van der Waals surface area (Å²) in [4.78, 5) is 12.5. The van der Waals surface area contributed by atoms with Gasteiger partial charge in [-0.1, -0.05) is 0 Å². The molecule has 0 bridgehead atoms. The van der Waals surface area contributed by atoms with E-state index in [4.69, 9.17) is 31.4 Å². The molecule has 6 N–H and O–H groups in total. The van der Waals surface area contributed by atoms with Crippen molar-refractivity contribution >= 4 is 33.0 Å². The molecular formula is C25H37BrN6O3. The third kappa shape index (κ3) is 10.3. The summed E-state index contributed by atoms with van der Waals surface area (Å²) < 4.78 is 16.5. The highest BCUT2D eigenvalue weighted by Crippen LogP contribution is 2.29. The number of aryl methyl sites for hydroxylation is 3. The maximum Gasteiger partial charge on any atom is 0.230 e. The first kappa shape index (κ1) is 29.8. The lowest BCUT2D eigenvalue weighted by atomic mass is 10.2. The summed E-state index contributed by atoms with van der Waals surface area (Å²) in [5, 5.41) is 0. The number of halogens is 1. The average Bonchev–Trinajstić information content (AvgIpc) is 2.76. The number of anilines is 3. The van der Waals surface area contributed by atoms with Gasteiger partial charge < -0.3 is 31.4 Å². The molecule has 0 atom stereocenters. The minimum absolute atomic E-state index is 0.565. The van der Waals surface area contributed by atoms with Crippen LogP contribution in [-0.2, 0) is 0 Å². The zero-order chi connectivity index (χ0) is 26.5. The van der Waals surface area contributed by atoms with Crippen LogP contribution in [0.3, 0.4) is 0 Å². The van der Waals surface area contributed by atoms with Crippen molar-refractivity contribution in [3.63, 3.8) is 0 Å². The van der Waals surface area contributed by atoms with Gasteiger partial charge in [-0.2, -0.15) is 0 Å². The number of nitrogens with two attached hydrogens (primary N) is 3. The van der Waals surface area contributed by atoms with Crippen molar-refractivity contribution in [3.8, 4) is 17.6 Å². The highest BCUT2D eigenvalue weighted by molar-refractivity contribution is 9.10. The van der Waals surface area contributed by atoms with Crippen LogP contribution in [0.1, 0.15) is 43.4 Å². The molecule has 0 amide bonds. The summed E-state index contributed by atoms with van der Waals surface area (Å²) in [6.45, 7) is 15.2. The number of hydrogen-bond donors (Lipinski definition) is 3. The number of nitrogen functional groups attached to an aromatic ring is 3. The fourth-order valence-electron chi connectivity index (χ4n) is 2.78. The monoisotopic (exact) mass is 548 g/mol. The van der Waals surface area contributed by atoms with E-state index in [2.05, 4.69) is 30.9 Å². The highest BCUT2D eigenvalue weighted by Gasteiger charge is 2.06. The number of hydrogen-bond acceptors (Lipinski definition) is 9. The van der Waals surface area contributed by atoms with E-state index in [-0.39, 0.29) is 0 Å². The van der Waals surface area contributed by atoms with Crippen LogP contribution in [0.25, 0.3) is 0 Å². The maximum absolute atomic E-state index is 5.73. The van der Waals surface area contributed by atoms with Crippen LogP contribution in [0, 0.1) is 27.7 Å². The second-order valence-electron chi connectivity index (χ2n) is 7.43. The molecule has 3 rings (SSSR count). The normalized spacial score (nSPS) is 9.83. The van der Waals surface area contributed by atoms with Crippen molar-refractivity contribution < 1.29 is 14.2 Å². The lowest BCUT2D eigenvalue weighted by molar-refractivity contribution is 0.324. The van der Waals surface area contributed by atoms with Crippen LogP contribution in [0.2, 0.25) is 0 Å². The molecule has 3 aromatic rings. The topological polar surface area (TPSA) is 144 Å². The summed E-state index contributed by atoms with van der Waals surface area (Å²) in [6, 6.07) is 7.17. The van der Waals surface area contributed by atoms with E-state index < -0.39 is 0 Å². The zero-order valence-electron chi connectivity index (χ0n) is 21.6. The lowest BCUT2D eigenvalue weighted by Crippen LogP contribution is -2.01. The number of pyridine rings is 3. The first-order valence-corrected chi connectivity index (χ1v) is 12.1. The summed E-state index contributed by atoms with van der Waals surface area (Å²) in [5.41, 5.74) is 22.6. The number of rotatable bonds is 6. The summed E-state index contributed by atoms with van der Waals surface area (Å²) >= 11 is 3.30. The van der Waals surface area contributed by atoms with Crippen LogP contribution in [0.15, 0.2) is 28.7 Å². The van der Waals surface area contributed by atoms with Crippen LogP contribution in [0.4, 0.5) is 17.1 Å². The second kappa shape index (κ2) is 14.9. The molecule has 3 heterocycles. The molecular weight excluding hydrogens is 512 g/mol. The van der Waals surface area contributed by atoms with Gasteiger partial charge in [0.2, 0.25) is 17.6 Å². The first-order chi connectivity index (χ1) is 16.5. The zero-order valence-corrected chi connectivity index (χ0v) is 23.2. The van der Waals surface area contributed by atoms with Gasteiger partial charge in [-0.3, -0.25) is 0 Å². The molecule has 0 aliphatic carbocycles. The number of aromatic nitrogens is 3. The lowest BCUT2D eigenvalue weighted by Gasteiger charge is -2.08. The Morgan fingerprint density at radius 2 is 1.14 bits per heavy atom. The van der Waals surface area contributed by atoms with E-state index in [1.165, 1.54) is 0 Å². The molecule has 0 saturated heterocycles. The van der Waals surface area contributed by atoms with E-state index in [9.17, 15) is 0 Å². The Kier molecular flexibility index (Phi) is 12.6. The molecule has 192 valence electrons. The molecule has 0 saturated carbocycles. The van der Waals surface area contributed by atoms with E-state index in [0.717, 1.165) is 32.8 Å².